The lowest BCUT2D eigenvalue weighted by Gasteiger charge is -2.17. The first-order valence-corrected chi connectivity index (χ1v) is 7.93. The van der Waals surface area contributed by atoms with E-state index >= 15 is 0 Å². The van der Waals surface area contributed by atoms with Crippen LogP contribution in [0.2, 0.25) is 5.02 Å². The van der Waals surface area contributed by atoms with Gasteiger partial charge in [0.05, 0.1) is 17.7 Å². The third kappa shape index (κ3) is 3.79. The molecule has 0 aromatic heterocycles. The third-order valence-electron chi connectivity index (χ3n) is 2.87. The Labute approximate surface area is 127 Å². The average molecular weight is 330 g/mol. The van der Waals surface area contributed by atoms with Crippen molar-refractivity contribution >= 4 is 21.6 Å². The fourth-order valence-electron chi connectivity index (χ4n) is 1.84. The summed E-state index contributed by atoms with van der Waals surface area (Å²) in [7, 11) is -3.98. The van der Waals surface area contributed by atoms with E-state index < -0.39 is 28.5 Å². The minimum Gasteiger partial charge on any atom is -0.394 e. The van der Waals surface area contributed by atoms with Crippen LogP contribution in [-0.2, 0) is 10.0 Å². The lowest BCUT2D eigenvalue weighted by atomic mass is 10.1. The van der Waals surface area contributed by atoms with Crippen LogP contribution in [0.3, 0.4) is 0 Å². The minimum absolute atomic E-state index is 0.216. The van der Waals surface area contributed by atoms with Gasteiger partial charge in [-0.25, -0.2) is 17.5 Å². The molecule has 1 unspecified atom stereocenters. The summed E-state index contributed by atoms with van der Waals surface area (Å²) in [6.45, 7) is -0.415. The molecule has 0 fully saturated rings. The van der Waals surface area contributed by atoms with Gasteiger partial charge in [-0.05, 0) is 23.8 Å². The molecular weight excluding hydrogens is 317 g/mol. The normalized spacial score (nSPS) is 13.1. The summed E-state index contributed by atoms with van der Waals surface area (Å²) in [4.78, 5) is -0.236. The van der Waals surface area contributed by atoms with E-state index in [9.17, 15) is 17.9 Å². The fourth-order valence-corrected chi connectivity index (χ4v) is 3.59. The van der Waals surface area contributed by atoms with E-state index in [2.05, 4.69) is 4.72 Å². The molecule has 0 heterocycles. The van der Waals surface area contributed by atoms with Crippen molar-refractivity contribution in [3.8, 4) is 0 Å². The molecule has 1 atom stereocenters. The molecule has 2 N–H and O–H groups in total. The van der Waals surface area contributed by atoms with Crippen LogP contribution in [0.1, 0.15) is 11.6 Å². The van der Waals surface area contributed by atoms with Gasteiger partial charge in [0, 0.05) is 0 Å². The Kier molecular flexibility index (Phi) is 4.95. The molecule has 0 bridgehead atoms. The SMILES string of the molecule is O=S(=O)(NC(CO)c1ccccc1)c1ccc(F)cc1Cl. The maximum absolute atomic E-state index is 13.0. The third-order valence-corrected chi connectivity index (χ3v) is 4.82. The lowest BCUT2D eigenvalue weighted by Crippen LogP contribution is -2.31. The number of aliphatic hydroxyl groups is 1. The summed E-state index contributed by atoms with van der Waals surface area (Å²) in [5.41, 5.74) is 0.613. The summed E-state index contributed by atoms with van der Waals surface area (Å²) in [6.07, 6.45) is 0. The van der Waals surface area contributed by atoms with Crippen molar-refractivity contribution in [1.29, 1.82) is 0 Å². The van der Waals surface area contributed by atoms with Crippen molar-refractivity contribution < 1.29 is 17.9 Å². The van der Waals surface area contributed by atoms with Crippen LogP contribution in [0, 0.1) is 5.82 Å². The molecule has 7 heteroatoms. The summed E-state index contributed by atoms with van der Waals surface area (Å²) in [5, 5.41) is 9.17. The number of nitrogens with one attached hydrogen (secondary N) is 1. The fraction of sp³-hybridized carbons (Fsp3) is 0.143. The monoisotopic (exact) mass is 329 g/mol. The number of halogens is 2. The predicted octanol–water partition coefficient (Wildman–Crippen LogP) is 2.49. The predicted molar refractivity (Wildman–Crippen MR) is 78.0 cm³/mol. The number of sulfonamides is 1. The average Bonchev–Trinajstić information content (AvgIpc) is 2.45. The molecular formula is C14H13ClFNO3S. The van der Waals surface area contributed by atoms with Crippen LogP contribution >= 0.6 is 11.6 Å². The Morgan fingerprint density at radius 3 is 2.43 bits per heavy atom. The van der Waals surface area contributed by atoms with Gasteiger partial charge >= 0.3 is 0 Å². The van der Waals surface area contributed by atoms with Crippen LogP contribution in [-0.4, -0.2) is 20.1 Å². The zero-order chi connectivity index (χ0) is 15.5. The van der Waals surface area contributed by atoms with Crippen molar-refractivity contribution in [1.82, 2.24) is 4.72 Å². The Morgan fingerprint density at radius 2 is 1.86 bits per heavy atom. The highest BCUT2D eigenvalue weighted by Gasteiger charge is 2.23. The van der Waals surface area contributed by atoms with E-state index in [1.165, 1.54) is 0 Å². The number of benzene rings is 2. The van der Waals surface area contributed by atoms with Crippen LogP contribution in [0.5, 0.6) is 0 Å². The number of aliphatic hydroxyl groups excluding tert-OH is 1. The zero-order valence-electron chi connectivity index (χ0n) is 10.8. The van der Waals surface area contributed by atoms with Gasteiger partial charge in [0.25, 0.3) is 0 Å². The van der Waals surface area contributed by atoms with E-state index in [1.807, 2.05) is 0 Å². The molecule has 0 aliphatic heterocycles. The maximum atomic E-state index is 13.0. The van der Waals surface area contributed by atoms with E-state index in [-0.39, 0.29) is 9.92 Å². The molecule has 0 saturated heterocycles. The first kappa shape index (κ1) is 15.9. The second-order valence-corrected chi connectivity index (χ2v) is 6.43. The Hall–Kier alpha value is -1.47. The largest absolute Gasteiger partial charge is 0.394 e. The van der Waals surface area contributed by atoms with Gasteiger partial charge in [0.1, 0.15) is 10.7 Å². The van der Waals surface area contributed by atoms with E-state index in [4.69, 9.17) is 11.6 Å². The highest BCUT2D eigenvalue weighted by molar-refractivity contribution is 7.89. The Balaban J connectivity index is 2.32. The van der Waals surface area contributed by atoms with E-state index in [1.54, 1.807) is 30.3 Å². The molecule has 2 aromatic rings. The molecule has 0 radical (unpaired) electrons. The molecule has 0 saturated carbocycles. The molecule has 0 spiro atoms. The minimum atomic E-state index is -3.98. The Bertz CT molecular complexity index is 722. The number of hydrogen-bond acceptors (Lipinski definition) is 3. The summed E-state index contributed by atoms with van der Waals surface area (Å²) in [6, 6.07) is 10.8. The first-order valence-electron chi connectivity index (χ1n) is 6.07. The van der Waals surface area contributed by atoms with Gasteiger partial charge in [-0.3, -0.25) is 0 Å². The highest BCUT2D eigenvalue weighted by Crippen LogP contribution is 2.24. The number of hydrogen-bond donors (Lipinski definition) is 2. The quantitative estimate of drug-likeness (QED) is 0.885. The Morgan fingerprint density at radius 1 is 1.19 bits per heavy atom. The zero-order valence-corrected chi connectivity index (χ0v) is 12.4. The van der Waals surface area contributed by atoms with Gasteiger partial charge in [0.2, 0.25) is 10.0 Å². The van der Waals surface area contributed by atoms with Gasteiger partial charge < -0.3 is 5.11 Å². The molecule has 0 aliphatic carbocycles. The second-order valence-electron chi connectivity index (χ2n) is 4.34. The summed E-state index contributed by atoms with van der Waals surface area (Å²) >= 11 is 5.77. The van der Waals surface area contributed by atoms with E-state index in [0.717, 1.165) is 18.2 Å². The molecule has 2 aromatic carbocycles. The molecule has 21 heavy (non-hydrogen) atoms. The van der Waals surface area contributed by atoms with E-state index in [0.29, 0.717) is 5.56 Å². The summed E-state index contributed by atoms with van der Waals surface area (Å²) in [5.74, 6) is -0.624. The topological polar surface area (TPSA) is 66.4 Å². The lowest BCUT2D eigenvalue weighted by molar-refractivity contribution is 0.259. The molecule has 4 nitrogen and oxygen atoms in total. The van der Waals surface area contributed by atoms with Crippen molar-refractivity contribution in [3.63, 3.8) is 0 Å². The van der Waals surface area contributed by atoms with Crippen LogP contribution in [0.4, 0.5) is 4.39 Å². The van der Waals surface area contributed by atoms with Gasteiger partial charge in [0.15, 0.2) is 0 Å². The van der Waals surface area contributed by atoms with Gasteiger partial charge in [-0.1, -0.05) is 41.9 Å². The molecule has 112 valence electrons. The van der Waals surface area contributed by atoms with Gasteiger partial charge in [-0.15, -0.1) is 0 Å². The molecule has 0 amide bonds. The number of rotatable bonds is 5. The standard InChI is InChI=1S/C14H13ClFNO3S/c15-12-8-11(16)6-7-14(12)21(19,20)17-13(9-18)10-4-2-1-3-5-10/h1-8,13,17-18H,9H2. The van der Waals surface area contributed by atoms with Crippen molar-refractivity contribution in [2.75, 3.05) is 6.61 Å². The first-order chi connectivity index (χ1) is 9.94. The van der Waals surface area contributed by atoms with Crippen molar-refractivity contribution in [2.45, 2.75) is 10.9 Å². The highest BCUT2D eigenvalue weighted by atomic mass is 35.5. The van der Waals surface area contributed by atoms with Gasteiger partial charge in [-0.2, -0.15) is 0 Å². The maximum Gasteiger partial charge on any atom is 0.242 e. The second kappa shape index (κ2) is 6.53. The van der Waals surface area contributed by atoms with Crippen molar-refractivity contribution in [3.05, 3.63) is 64.9 Å². The summed E-state index contributed by atoms with van der Waals surface area (Å²) < 4.78 is 39.9. The van der Waals surface area contributed by atoms with Crippen molar-refractivity contribution in [2.24, 2.45) is 0 Å². The molecule has 0 aliphatic rings. The van der Waals surface area contributed by atoms with Crippen LogP contribution in [0.15, 0.2) is 53.4 Å². The van der Waals surface area contributed by atoms with Crippen LogP contribution < -0.4 is 4.72 Å². The van der Waals surface area contributed by atoms with Crippen LogP contribution in [0.25, 0.3) is 0 Å². The smallest absolute Gasteiger partial charge is 0.242 e. The molecule has 2 rings (SSSR count).